The predicted molar refractivity (Wildman–Crippen MR) is 146 cm³/mol. The van der Waals surface area contributed by atoms with Crippen molar-refractivity contribution in [2.45, 2.75) is 24.2 Å². The molecule has 0 aliphatic heterocycles. The number of ether oxygens (including phenoxy) is 1. The summed E-state index contributed by atoms with van der Waals surface area (Å²) < 4.78 is 72.2. The van der Waals surface area contributed by atoms with Gasteiger partial charge in [-0.25, -0.2) is 8.42 Å². The molecule has 4 rings (SSSR count). The number of anilines is 1. The molecule has 0 aromatic heterocycles. The van der Waals surface area contributed by atoms with Crippen LogP contribution in [0.5, 0.6) is 5.75 Å². The molecule has 0 radical (unpaired) electrons. The van der Waals surface area contributed by atoms with Crippen molar-refractivity contribution in [1.29, 1.82) is 0 Å². The van der Waals surface area contributed by atoms with E-state index in [0.29, 0.717) is 19.2 Å². The maximum absolute atomic E-state index is 13.1. The number of carbonyl (C=O) groups is 1. The van der Waals surface area contributed by atoms with E-state index in [1.54, 1.807) is 4.90 Å². The Hall–Kier alpha value is -4.02. The predicted octanol–water partition coefficient (Wildman–Crippen LogP) is 6.77. The summed E-state index contributed by atoms with van der Waals surface area (Å²) in [5.74, 6) is -0.237. The Balaban J connectivity index is 1.45. The van der Waals surface area contributed by atoms with Gasteiger partial charge in [-0.15, -0.1) is 0 Å². The number of sulfonamides is 1. The van der Waals surface area contributed by atoms with E-state index in [1.165, 1.54) is 18.2 Å². The van der Waals surface area contributed by atoms with E-state index in [2.05, 4.69) is 4.72 Å². The number of nitrogens with one attached hydrogen (secondary N) is 1. The Bertz CT molecular complexity index is 1530. The van der Waals surface area contributed by atoms with Crippen LogP contribution in [0.2, 0.25) is 5.02 Å². The van der Waals surface area contributed by atoms with E-state index in [9.17, 15) is 26.4 Å². The van der Waals surface area contributed by atoms with E-state index >= 15 is 0 Å². The quantitative estimate of drug-likeness (QED) is 0.222. The highest BCUT2D eigenvalue weighted by atomic mass is 35.5. The number of alkyl halides is 3. The van der Waals surface area contributed by atoms with E-state index < -0.39 is 21.8 Å². The number of rotatable bonds is 10. The first-order valence-corrected chi connectivity index (χ1v) is 13.9. The number of amides is 1. The maximum Gasteiger partial charge on any atom is 0.416 e. The van der Waals surface area contributed by atoms with Crippen LogP contribution in [-0.2, 0) is 34.1 Å². The molecule has 0 saturated heterocycles. The molecule has 208 valence electrons. The van der Waals surface area contributed by atoms with Crippen LogP contribution < -0.4 is 9.46 Å². The Morgan fingerprint density at radius 2 is 1.43 bits per heavy atom. The van der Waals surface area contributed by atoms with E-state index in [0.717, 1.165) is 29.3 Å². The van der Waals surface area contributed by atoms with Crippen molar-refractivity contribution >= 4 is 33.2 Å². The van der Waals surface area contributed by atoms with Gasteiger partial charge in [0.2, 0.25) is 0 Å². The first-order chi connectivity index (χ1) is 19.0. The van der Waals surface area contributed by atoms with Gasteiger partial charge in [-0.2, -0.15) is 13.2 Å². The fraction of sp³-hybridized carbons (Fsp3) is 0.138. The smallest absolute Gasteiger partial charge is 0.416 e. The average molecular weight is 589 g/mol. The second-order valence-corrected chi connectivity index (χ2v) is 10.9. The molecule has 0 fully saturated rings. The monoisotopic (exact) mass is 588 g/mol. The lowest BCUT2D eigenvalue weighted by atomic mass is 10.1. The van der Waals surface area contributed by atoms with Crippen LogP contribution in [-0.4, -0.2) is 25.8 Å². The lowest BCUT2D eigenvalue weighted by Gasteiger charge is -2.23. The molecule has 0 unspecified atom stereocenters. The minimum atomic E-state index is -4.63. The molecule has 1 amide bonds. The van der Waals surface area contributed by atoms with Crippen molar-refractivity contribution in [2.24, 2.45) is 0 Å². The van der Waals surface area contributed by atoms with Gasteiger partial charge in [0, 0.05) is 18.8 Å². The van der Waals surface area contributed by atoms with Crippen LogP contribution in [0, 0.1) is 0 Å². The van der Waals surface area contributed by atoms with Gasteiger partial charge in [-0.05, 0) is 47.5 Å². The van der Waals surface area contributed by atoms with Gasteiger partial charge in [-0.3, -0.25) is 9.52 Å². The van der Waals surface area contributed by atoms with Gasteiger partial charge in [-0.1, -0.05) is 78.3 Å². The average Bonchev–Trinajstić information content (AvgIpc) is 2.92. The minimum Gasteiger partial charge on any atom is -0.482 e. The SMILES string of the molecule is O=C(COc1ccc(S(=O)(=O)Nc2cccc(C(F)(F)F)c2)cc1Cl)N(Cc1ccccc1)Cc1ccccc1. The Morgan fingerprint density at radius 1 is 0.825 bits per heavy atom. The molecule has 1 N–H and O–H groups in total. The molecular formula is C29H24ClF3N2O4S. The summed E-state index contributed by atoms with van der Waals surface area (Å²) in [5, 5.41) is -0.0858. The van der Waals surface area contributed by atoms with Gasteiger partial charge in [0.05, 0.1) is 15.5 Å². The van der Waals surface area contributed by atoms with Gasteiger partial charge >= 0.3 is 6.18 Å². The Labute approximate surface area is 235 Å². The zero-order valence-electron chi connectivity index (χ0n) is 20.9. The number of carbonyl (C=O) groups excluding carboxylic acids is 1. The van der Waals surface area contributed by atoms with Crippen LogP contribution in [0.25, 0.3) is 0 Å². The van der Waals surface area contributed by atoms with Crippen molar-refractivity contribution in [3.63, 3.8) is 0 Å². The van der Waals surface area contributed by atoms with Gasteiger partial charge in [0.25, 0.3) is 15.9 Å². The van der Waals surface area contributed by atoms with E-state index in [1.807, 2.05) is 60.7 Å². The standard InChI is InChI=1S/C29H24ClF3N2O4S/c30-26-17-25(40(37,38)34-24-13-7-12-23(16-24)29(31,32)33)14-15-27(26)39-20-28(36)35(18-21-8-3-1-4-9-21)19-22-10-5-2-6-11-22/h1-17,34H,18-20H2. The molecule has 4 aromatic carbocycles. The number of hydrogen-bond donors (Lipinski definition) is 1. The fourth-order valence-corrected chi connectivity index (χ4v) is 5.18. The molecule has 0 bridgehead atoms. The number of nitrogens with zero attached hydrogens (tertiary/aromatic N) is 1. The highest BCUT2D eigenvalue weighted by molar-refractivity contribution is 7.92. The first-order valence-electron chi connectivity index (χ1n) is 12.0. The van der Waals surface area contributed by atoms with Crippen molar-refractivity contribution in [3.05, 3.63) is 125 Å². The summed E-state index contributed by atoms with van der Waals surface area (Å²) in [7, 11) is -4.26. The molecular weight excluding hydrogens is 565 g/mol. The summed E-state index contributed by atoms with van der Waals surface area (Å²) in [4.78, 5) is 14.5. The van der Waals surface area contributed by atoms with Crippen LogP contribution in [0.4, 0.5) is 18.9 Å². The van der Waals surface area contributed by atoms with Gasteiger partial charge in [0.15, 0.2) is 6.61 Å². The molecule has 0 spiro atoms. The highest BCUT2D eigenvalue weighted by Crippen LogP contribution is 2.32. The Kier molecular flexibility index (Phi) is 9.01. The van der Waals surface area contributed by atoms with Crippen LogP contribution in [0.15, 0.2) is 108 Å². The van der Waals surface area contributed by atoms with E-state index in [-0.39, 0.29) is 33.9 Å². The second kappa shape index (κ2) is 12.4. The van der Waals surface area contributed by atoms with Crippen molar-refractivity contribution < 1.29 is 31.1 Å². The molecule has 0 atom stereocenters. The number of hydrogen-bond acceptors (Lipinski definition) is 4. The molecule has 0 aliphatic rings. The second-order valence-electron chi connectivity index (χ2n) is 8.79. The van der Waals surface area contributed by atoms with Gasteiger partial charge in [0.1, 0.15) is 5.75 Å². The molecule has 11 heteroatoms. The minimum absolute atomic E-state index is 0.0763. The van der Waals surface area contributed by atoms with Gasteiger partial charge < -0.3 is 9.64 Å². The largest absolute Gasteiger partial charge is 0.482 e. The van der Waals surface area contributed by atoms with Crippen LogP contribution in [0.1, 0.15) is 16.7 Å². The third-order valence-corrected chi connectivity index (χ3v) is 7.47. The summed E-state index contributed by atoms with van der Waals surface area (Å²) in [6.45, 7) is 0.349. The molecule has 4 aromatic rings. The normalized spacial score (nSPS) is 11.6. The lowest BCUT2D eigenvalue weighted by molar-refractivity contribution is -0.137. The van der Waals surface area contributed by atoms with Crippen LogP contribution in [0.3, 0.4) is 0 Å². The molecule has 6 nitrogen and oxygen atoms in total. The molecule has 0 saturated carbocycles. The molecule has 0 heterocycles. The van der Waals surface area contributed by atoms with Crippen molar-refractivity contribution in [1.82, 2.24) is 4.90 Å². The zero-order valence-corrected chi connectivity index (χ0v) is 22.5. The number of halogens is 4. The third kappa shape index (κ3) is 7.77. The maximum atomic E-state index is 13.1. The topological polar surface area (TPSA) is 75.7 Å². The van der Waals surface area contributed by atoms with Crippen molar-refractivity contribution in [2.75, 3.05) is 11.3 Å². The molecule has 0 aliphatic carbocycles. The third-order valence-electron chi connectivity index (χ3n) is 5.79. The highest BCUT2D eigenvalue weighted by Gasteiger charge is 2.31. The van der Waals surface area contributed by atoms with Crippen molar-refractivity contribution in [3.8, 4) is 5.75 Å². The molecule has 40 heavy (non-hydrogen) atoms. The van der Waals surface area contributed by atoms with Crippen LogP contribution >= 0.6 is 11.6 Å². The summed E-state index contributed by atoms with van der Waals surface area (Å²) >= 11 is 6.26. The van der Waals surface area contributed by atoms with E-state index in [4.69, 9.17) is 16.3 Å². The Morgan fingerprint density at radius 3 is 1.98 bits per heavy atom. The fourth-order valence-electron chi connectivity index (χ4n) is 3.81. The summed E-state index contributed by atoms with van der Waals surface area (Å²) in [6.07, 6.45) is -4.63. The summed E-state index contributed by atoms with van der Waals surface area (Å²) in [5.41, 5.74) is 0.627. The summed E-state index contributed by atoms with van der Waals surface area (Å²) in [6, 6.07) is 26.4. The number of benzene rings is 4. The first kappa shape index (κ1) is 29.0. The zero-order chi connectivity index (χ0) is 28.8. The lowest BCUT2D eigenvalue weighted by Crippen LogP contribution is -2.34.